The third-order valence-corrected chi connectivity index (χ3v) is 7.28. The molecule has 1 aromatic carbocycles. The highest BCUT2D eigenvalue weighted by Gasteiger charge is 2.37. The lowest BCUT2D eigenvalue weighted by Gasteiger charge is -2.24. The van der Waals surface area contributed by atoms with Crippen LogP contribution in [0.5, 0.6) is 0 Å². The smallest absolute Gasteiger partial charge is 0.377 e. The van der Waals surface area contributed by atoms with Gasteiger partial charge in [-0.05, 0) is 6.42 Å². The van der Waals surface area contributed by atoms with Gasteiger partial charge in [-0.1, -0.05) is 30.3 Å². The molecule has 22 heavy (non-hydrogen) atoms. The zero-order valence-electron chi connectivity index (χ0n) is 12.9. The average Bonchev–Trinajstić information content (AvgIpc) is 2.56. The van der Waals surface area contributed by atoms with E-state index in [1.165, 1.54) is 33.5 Å². The first-order valence-corrected chi connectivity index (χ1v) is 10.1. The molecular weight excluding hydrogens is 326 g/mol. The first-order chi connectivity index (χ1) is 10.4. The van der Waals surface area contributed by atoms with Gasteiger partial charge in [-0.3, -0.25) is 4.79 Å². The van der Waals surface area contributed by atoms with Gasteiger partial charge < -0.3 is 13.3 Å². The van der Waals surface area contributed by atoms with Crippen LogP contribution in [0.25, 0.3) is 0 Å². The monoisotopic (exact) mass is 347 g/mol. The molecule has 0 unspecified atom stereocenters. The molecule has 0 aromatic heterocycles. The molecule has 124 valence electrons. The maximum Gasteiger partial charge on any atom is 0.500 e. The lowest BCUT2D eigenvalue weighted by Crippen LogP contribution is -2.43. The van der Waals surface area contributed by atoms with Gasteiger partial charge in [-0.2, -0.15) is 0 Å². The van der Waals surface area contributed by atoms with E-state index in [0.717, 1.165) is 0 Å². The van der Waals surface area contributed by atoms with Gasteiger partial charge in [0.1, 0.15) is 0 Å². The van der Waals surface area contributed by atoms with Crippen LogP contribution in [0.3, 0.4) is 0 Å². The Morgan fingerprint density at radius 3 is 2.14 bits per heavy atom. The van der Waals surface area contributed by atoms with E-state index in [9.17, 15) is 13.2 Å². The number of hydrogen-bond acceptors (Lipinski definition) is 6. The summed E-state index contributed by atoms with van der Waals surface area (Å²) >= 11 is 0. The van der Waals surface area contributed by atoms with Crippen molar-refractivity contribution < 1.29 is 26.5 Å². The van der Waals surface area contributed by atoms with E-state index in [0.29, 0.717) is 12.5 Å². The molecule has 7 nitrogen and oxygen atoms in total. The fourth-order valence-corrected chi connectivity index (χ4v) is 4.58. The highest BCUT2D eigenvalue weighted by atomic mass is 32.2. The van der Waals surface area contributed by atoms with Crippen molar-refractivity contribution in [3.05, 3.63) is 35.9 Å². The maximum atomic E-state index is 11.9. The van der Waals surface area contributed by atoms with Gasteiger partial charge in [-0.25, -0.2) is 13.1 Å². The van der Waals surface area contributed by atoms with Crippen LogP contribution >= 0.6 is 0 Å². The molecule has 0 aliphatic heterocycles. The molecule has 1 rings (SSSR count). The Labute approximate surface area is 132 Å². The minimum atomic E-state index is -4.05. The summed E-state index contributed by atoms with van der Waals surface area (Å²) in [6.45, 7) is 0.103. The fraction of sp³-hybridized carbons (Fsp3) is 0.462. The van der Waals surface area contributed by atoms with Crippen molar-refractivity contribution in [1.82, 2.24) is 4.72 Å². The van der Waals surface area contributed by atoms with E-state index in [4.69, 9.17) is 13.3 Å². The van der Waals surface area contributed by atoms with Crippen LogP contribution in [0.1, 0.15) is 16.8 Å². The average molecular weight is 347 g/mol. The predicted molar refractivity (Wildman–Crippen MR) is 83.9 cm³/mol. The lowest BCUT2D eigenvalue weighted by atomic mass is 10.2. The van der Waals surface area contributed by atoms with Crippen LogP contribution < -0.4 is 4.72 Å². The summed E-state index contributed by atoms with van der Waals surface area (Å²) in [4.78, 5) is 11.9. The predicted octanol–water partition coefficient (Wildman–Crippen LogP) is 1.01. The lowest BCUT2D eigenvalue weighted by molar-refractivity contribution is 0.107. The minimum absolute atomic E-state index is 0.103. The normalized spacial score (nSPS) is 12.3. The Kier molecular flexibility index (Phi) is 7.33. The van der Waals surface area contributed by atoms with Crippen LogP contribution in [0.2, 0.25) is 6.04 Å². The number of carbonyl (C=O) groups excluding carboxylic acids is 1. The molecule has 1 aromatic rings. The van der Waals surface area contributed by atoms with E-state index < -0.39 is 23.9 Å². The van der Waals surface area contributed by atoms with Gasteiger partial charge in [-0.15, -0.1) is 0 Å². The third-order valence-electron chi connectivity index (χ3n) is 3.14. The summed E-state index contributed by atoms with van der Waals surface area (Å²) in [5.41, 5.74) is 0.129. The summed E-state index contributed by atoms with van der Waals surface area (Å²) in [6.07, 6.45) is 0.434. The van der Waals surface area contributed by atoms with E-state index >= 15 is 0 Å². The second kappa shape index (κ2) is 8.51. The Morgan fingerprint density at radius 1 is 1.09 bits per heavy atom. The van der Waals surface area contributed by atoms with Crippen molar-refractivity contribution in [3.63, 3.8) is 0 Å². The molecule has 0 fully saturated rings. The van der Waals surface area contributed by atoms with Crippen molar-refractivity contribution >= 4 is 23.9 Å². The molecule has 9 heteroatoms. The quantitative estimate of drug-likeness (QED) is 0.530. The summed E-state index contributed by atoms with van der Waals surface area (Å²) in [6, 6.07) is 8.29. The largest absolute Gasteiger partial charge is 0.500 e. The molecule has 0 amide bonds. The molecule has 0 saturated carbocycles. The van der Waals surface area contributed by atoms with E-state index in [2.05, 4.69) is 4.72 Å². The number of hydrogen-bond donors (Lipinski definition) is 1. The zero-order chi connectivity index (χ0) is 16.6. The number of benzene rings is 1. The number of sulfonamides is 1. The summed E-state index contributed by atoms with van der Waals surface area (Å²) in [7, 11) is -2.31. The molecule has 0 saturated heterocycles. The minimum Gasteiger partial charge on any atom is -0.377 e. The van der Waals surface area contributed by atoms with Crippen LogP contribution in [-0.4, -0.2) is 50.2 Å². The Morgan fingerprint density at radius 2 is 1.64 bits per heavy atom. The summed E-state index contributed by atoms with van der Waals surface area (Å²) in [5.74, 6) is 0. The summed E-state index contributed by atoms with van der Waals surface area (Å²) < 4.78 is 41.8. The first-order valence-electron chi connectivity index (χ1n) is 6.65. The molecule has 0 radical (unpaired) electrons. The van der Waals surface area contributed by atoms with Gasteiger partial charge in [0.25, 0.3) is 15.1 Å². The molecule has 0 spiro atoms. The standard InChI is InChI=1S/C13H21NO6SSi/c1-18-22(19-2,20-3)11-7-10-14-21(16,17)13(15)12-8-5-4-6-9-12/h4-6,8-9,14H,7,10-11H2,1-3H3. The maximum absolute atomic E-state index is 11.9. The Balaban J connectivity index is 2.55. The van der Waals surface area contributed by atoms with Crippen LogP contribution in [0, 0.1) is 0 Å². The van der Waals surface area contributed by atoms with Crippen molar-refractivity contribution in [1.29, 1.82) is 0 Å². The highest BCUT2D eigenvalue weighted by molar-refractivity contribution is 8.04. The molecule has 0 aliphatic carbocycles. The van der Waals surface area contributed by atoms with E-state index in [1.807, 2.05) is 0 Å². The Bertz CT molecular complexity index is 565. The van der Waals surface area contributed by atoms with Crippen molar-refractivity contribution in [2.24, 2.45) is 0 Å². The molecule has 0 heterocycles. The van der Waals surface area contributed by atoms with Gasteiger partial charge >= 0.3 is 8.80 Å². The number of nitrogens with one attached hydrogen (secondary N) is 1. The second-order valence-electron chi connectivity index (χ2n) is 4.45. The molecule has 0 atom stereocenters. The van der Waals surface area contributed by atoms with Gasteiger partial charge in [0.15, 0.2) is 0 Å². The summed E-state index contributed by atoms with van der Waals surface area (Å²) in [5, 5.41) is -0.943. The highest BCUT2D eigenvalue weighted by Crippen LogP contribution is 2.14. The fourth-order valence-electron chi connectivity index (χ4n) is 1.86. The van der Waals surface area contributed by atoms with E-state index in [-0.39, 0.29) is 12.1 Å². The van der Waals surface area contributed by atoms with E-state index in [1.54, 1.807) is 18.2 Å². The molecular formula is C13H21NO6SSi. The molecule has 0 aliphatic rings. The van der Waals surface area contributed by atoms with Crippen molar-refractivity contribution in [3.8, 4) is 0 Å². The molecule has 0 bridgehead atoms. The topological polar surface area (TPSA) is 90.9 Å². The SMILES string of the molecule is CO[Si](CCCNS(=O)(=O)C(=O)c1ccccc1)(OC)OC. The second-order valence-corrected chi connectivity index (χ2v) is 9.21. The van der Waals surface area contributed by atoms with Gasteiger partial charge in [0.05, 0.1) is 0 Å². The number of carbonyl (C=O) groups is 1. The first kappa shape index (κ1) is 18.9. The van der Waals surface area contributed by atoms with Crippen LogP contribution in [-0.2, 0) is 23.3 Å². The Hall–Kier alpha value is -1.10. The van der Waals surface area contributed by atoms with Crippen LogP contribution in [0.15, 0.2) is 30.3 Å². The van der Waals surface area contributed by atoms with Crippen LogP contribution in [0.4, 0.5) is 0 Å². The molecule has 1 N–H and O–H groups in total. The van der Waals surface area contributed by atoms with Gasteiger partial charge in [0.2, 0.25) is 0 Å². The van der Waals surface area contributed by atoms with Crippen molar-refractivity contribution in [2.45, 2.75) is 12.5 Å². The number of rotatable bonds is 9. The zero-order valence-corrected chi connectivity index (χ0v) is 14.7. The van der Waals surface area contributed by atoms with Gasteiger partial charge in [0, 0.05) is 39.5 Å². The third kappa shape index (κ3) is 4.97. The van der Waals surface area contributed by atoms with Crippen molar-refractivity contribution in [2.75, 3.05) is 27.9 Å².